The highest BCUT2D eigenvalue weighted by Gasteiger charge is 2.27. The van der Waals surface area contributed by atoms with E-state index in [0.717, 1.165) is 22.5 Å². The van der Waals surface area contributed by atoms with E-state index in [-0.39, 0.29) is 0 Å². The Hall–Kier alpha value is -1.35. The Morgan fingerprint density at radius 1 is 1.10 bits per heavy atom. The molecule has 3 unspecified atom stereocenters. The molecule has 1 aliphatic rings. The van der Waals surface area contributed by atoms with Crippen LogP contribution in [0.25, 0.3) is 10.8 Å². The van der Waals surface area contributed by atoms with Gasteiger partial charge in [-0.25, -0.2) is 0 Å². The molecule has 0 amide bonds. The predicted molar refractivity (Wildman–Crippen MR) is 84.1 cm³/mol. The summed E-state index contributed by atoms with van der Waals surface area (Å²) < 4.78 is 0. The zero-order chi connectivity index (χ0) is 14.1. The van der Waals surface area contributed by atoms with Crippen molar-refractivity contribution in [3.8, 4) is 0 Å². The molecule has 0 spiro atoms. The standard InChI is InChI=1S/C16H20ClN3/c1-10-6-5-9-14(11(10)2)18-16-13-8-4-3-7-12(13)15(17)19-20-16/h3-4,7-8,10-11,14H,5-6,9H2,1-2H3,(H,18,20). The van der Waals surface area contributed by atoms with E-state index < -0.39 is 0 Å². The second-order valence-electron chi connectivity index (χ2n) is 5.90. The summed E-state index contributed by atoms with van der Waals surface area (Å²) in [5.41, 5.74) is 0. The lowest BCUT2D eigenvalue weighted by atomic mass is 9.78. The minimum absolute atomic E-state index is 0.469. The van der Waals surface area contributed by atoms with Crippen LogP contribution in [0.3, 0.4) is 0 Å². The van der Waals surface area contributed by atoms with Gasteiger partial charge in [-0.15, -0.1) is 10.2 Å². The highest BCUT2D eigenvalue weighted by molar-refractivity contribution is 6.34. The number of benzene rings is 1. The Kier molecular flexibility index (Phi) is 3.79. The first-order chi connectivity index (χ1) is 9.66. The van der Waals surface area contributed by atoms with Crippen LogP contribution in [0.5, 0.6) is 0 Å². The van der Waals surface area contributed by atoms with Crippen LogP contribution in [-0.4, -0.2) is 16.2 Å². The first kappa shape index (κ1) is 13.6. The molecule has 0 saturated heterocycles. The minimum atomic E-state index is 0.469. The maximum absolute atomic E-state index is 6.12. The van der Waals surface area contributed by atoms with E-state index in [1.54, 1.807) is 0 Å². The number of aromatic nitrogens is 2. The van der Waals surface area contributed by atoms with Gasteiger partial charge in [0.05, 0.1) is 0 Å². The number of hydrogen-bond donors (Lipinski definition) is 1. The normalized spacial score (nSPS) is 26.6. The lowest BCUT2D eigenvalue weighted by molar-refractivity contribution is 0.253. The summed E-state index contributed by atoms with van der Waals surface area (Å²) in [4.78, 5) is 0. The van der Waals surface area contributed by atoms with E-state index >= 15 is 0 Å². The van der Waals surface area contributed by atoms with Crippen molar-refractivity contribution in [1.82, 2.24) is 10.2 Å². The van der Waals surface area contributed by atoms with Crippen molar-refractivity contribution in [2.75, 3.05) is 5.32 Å². The summed E-state index contributed by atoms with van der Waals surface area (Å²) in [6.45, 7) is 4.66. The molecule has 0 aliphatic heterocycles. The van der Waals surface area contributed by atoms with Gasteiger partial charge in [-0.2, -0.15) is 0 Å². The van der Waals surface area contributed by atoms with Crippen molar-refractivity contribution in [2.45, 2.75) is 39.2 Å². The first-order valence-corrected chi connectivity index (χ1v) is 7.72. The van der Waals surface area contributed by atoms with Crippen LogP contribution in [0.1, 0.15) is 33.1 Å². The predicted octanol–water partition coefficient (Wildman–Crippen LogP) is 4.52. The molecule has 3 nitrogen and oxygen atoms in total. The monoisotopic (exact) mass is 289 g/mol. The van der Waals surface area contributed by atoms with Gasteiger partial charge in [0, 0.05) is 16.8 Å². The molecule has 1 heterocycles. The van der Waals surface area contributed by atoms with Crippen LogP contribution in [0.4, 0.5) is 5.82 Å². The number of rotatable bonds is 2. The van der Waals surface area contributed by atoms with Crippen molar-refractivity contribution in [1.29, 1.82) is 0 Å². The molecule has 1 aliphatic carbocycles. The molecule has 1 aromatic carbocycles. The van der Waals surface area contributed by atoms with Crippen molar-refractivity contribution >= 4 is 28.2 Å². The van der Waals surface area contributed by atoms with Gasteiger partial charge < -0.3 is 5.32 Å². The van der Waals surface area contributed by atoms with Gasteiger partial charge >= 0.3 is 0 Å². The average Bonchev–Trinajstić information content (AvgIpc) is 2.47. The van der Waals surface area contributed by atoms with E-state index in [4.69, 9.17) is 11.6 Å². The number of nitrogens with zero attached hydrogens (tertiary/aromatic N) is 2. The highest BCUT2D eigenvalue weighted by Crippen LogP contribution is 2.33. The molecule has 1 aromatic heterocycles. The molecule has 1 saturated carbocycles. The van der Waals surface area contributed by atoms with Crippen LogP contribution in [0.2, 0.25) is 5.15 Å². The van der Waals surface area contributed by atoms with Gasteiger partial charge in [-0.3, -0.25) is 0 Å². The zero-order valence-corrected chi connectivity index (χ0v) is 12.7. The molecule has 1 N–H and O–H groups in total. The lowest BCUT2D eigenvalue weighted by Gasteiger charge is -2.35. The third-order valence-electron chi connectivity index (χ3n) is 4.67. The summed E-state index contributed by atoms with van der Waals surface area (Å²) in [7, 11) is 0. The molecule has 106 valence electrons. The molecule has 4 heteroatoms. The van der Waals surface area contributed by atoms with Gasteiger partial charge in [0.25, 0.3) is 0 Å². The second kappa shape index (κ2) is 5.57. The molecular formula is C16H20ClN3. The summed E-state index contributed by atoms with van der Waals surface area (Å²) in [6, 6.07) is 8.50. The Morgan fingerprint density at radius 2 is 1.85 bits per heavy atom. The van der Waals surface area contributed by atoms with Crippen LogP contribution < -0.4 is 5.32 Å². The van der Waals surface area contributed by atoms with E-state index in [9.17, 15) is 0 Å². The van der Waals surface area contributed by atoms with E-state index in [2.05, 4.69) is 35.4 Å². The van der Waals surface area contributed by atoms with Crippen molar-refractivity contribution in [3.63, 3.8) is 0 Å². The number of nitrogens with one attached hydrogen (secondary N) is 1. The average molecular weight is 290 g/mol. The van der Waals surface area contributed by atoms with E-state index in [0.29, 0.717) is 17.1 Å². The molecule has 20 heavy (non-hydrogen) atoms. The van der Waals surface area contributed by atoms with Crippen LogP contribution in [0.15, 0.2) is 24.3 Å². The topological polar surface area (TPSA) is 37.8 Å². The Balaban J connectivity index is 1.93. The second-order valence-corrected chi connectivity index (χ2v) is 6.26. The Labute approximate surface area is 124 Å². The Morgan fingerprint density at radius 3 is 2.65 bits per heavy atom. The lowest BCUT2D eigenvalue weighted by Crippen LogP contribution is -2.35. The van der Waals surface area contributed by atoms with Crippen LogP contribution >= 0.6 is 11.6 Å². The Bertz CT molecular complexity index is 614. The smallest absolute Gasteiger partial charge is 0.159 e. The van der Waals surface area contributed by atoms with Crippen LogP contribution in [-0.2, 0) is 0 Å². The molecule has 0 radical (unpaired) electrons. The van der Waals surface area contributed by atoms with Gasteiger partial charge in [0.2, 0.25) is 0 Å². The van der Waals surface area contributed by atoms with Gasteiger partial charge in [-0.1, -0.05) is 62.6 Å². The molecule has 1 fully saturated rings. The number of anilines is 1. The molecule has 0 bridgehead atoms. The molecule has 3 rings (SSSR count). The summed E-state index contributed by atoms with van der Waals surface area (Å²) >= 11 is 6.12. The zero-order valence-electron chi connectivity index (χ0n) is 11.9. The van der Waals surface area contributed by atoms with Gasteiger partial charge in [0.15, 0.2) is 11.0 Å². The largest absolute Gasteiger partial charge is 0.365 e. The van der Waals surface area contributed by atoms with E-state index in [1.807, 2.05) is 18.2 Å². The molecule has 3 atom stereocenters. The highest BCUT2D eigenvalue weighted by atomic mass is 35.5. The molecule has 2 aromatic rings. The maximum atomic E-state index is 6.12. The first-order valence-electron chi connectivity index (χ1n) is 7.34. The number of fused-ring (bicyclic) bond motifs is 1. The number of hydrogen-bond acceptors (Lipinski definition) is 3. The summed E-state index contributed by atoms with van der Waals surface area (Å²) in [6.07, 6.45) is 3.80. The third kappa shape index (κ3) is 2.47. The third-order valence-corrected chi connectivity index (χ3v) is 4.95. The fraction of sp³-hybridized carbons (Fsp3) is 0.500. The minimum Gasteiger partial charge on any atom is -0.365 e. The number of halogens is 1. The van der Waals surface area contributed by atoms with Crippen molar-refractivity contribution in [3.05, 3.63) is 29.4 Å². The van der Waals surface area contributed by atoms with E-state index in [1.165, 1.54) is 19.3 Å². The quantitative estimate of drug-likeness (QED) is 0.883. The fourth-order valence-corrected chi connectivity index (χ4v) is 3.34. The maximum Gasteiger partial charge on any atom is 0.159 e. The molecular weight excluding hydrogens is 270 g/mol. The van der Waals surface area contributed by atoms with Crippen molar-refractivity contribution < 1.29 is 0 Å². The summed E-state index contributed by atoms with van der Waals surface area (Å²) in [5.74, 6) is 2.27. The van der Waals surface area contributed by atoms with Gasteiger partial charge in [-0.05, 0) is 18.3 Å². The van der Waals surface area contributed by atoms with Gasteiger partial charge in [0.1, 0.15) is 0 Å². The SMILES string of the molecule is CC1CCCC(Nc2nnc(Cl)c3ccccc23)C1C. The fourth-order valence-electron chi connectivity index (χ4n) is 3.14. The summed E-state index contributed by atoms with van der Waals surface area (Å²) in [5, 5.41) is 14.4. The van der Waals surface area contributed by atoms with Crippen LogP contribution in [0, 0.1) is 11.8 Å². The van der Waals surface area contributed by atoms with Crippen molar-refractivity contribution in [2.24, 2.45) is 11.8 Å².